The average Bonchev–Trinajstić information content (AvgIpc) is 2.39. The fraction of sp³-hybridized carbons (Fsp3) is 0.562. The Morgan fingerprint density at radius 3 is 2.47 bits per heavy atom. The molecule has 1 aliphatic heterocycles. The third-order valence-electron chi connectivity index (χ3n) is 3.80. The first kappa shape index (κ1) is 13.9. The summed E-state index contributed by atoms with van der Waals surface area (Å²) >= 11 is 0. The summed E-state index contributed by atoms with van der Waals surface area (Å²) in [5, 5.41) is 0. The van der Waals surface area contributed by atoms with Gasteiger partial charge in [0.2, 0.25) is 5.91 Å². The molecule has 3 heteroatoms. The fourth-order valence-electron chi connectivity index (χ4n) is 2.29. The molecule has 1 fully saturated rings. The number of para-hydroxylation sites is 1. The monoisotopic (exact) mass is 261 g/mol. The zero-order valence-corrected chi connectivity index (χ0v) is 11.9. The van der Waals surface area contributed by atoms with E-state index < -0.39 is 0 Å². The first-order chi connectivity index (χ1) is 9.07. The second-order valence-electron chi connectivity index (χ2n) is 5.96. The van der Waals surface area contributed by atoms with Gasteiger partial charge in [-0.3, -0.25) is 4.79 Å². The molecular formula is C16H23NO2. The molecule has 104 valence electrons. The van der Waals surface area contributed by atoms with Crippen LogP contribution in [-0.4, -0.2) is 30.5 Å². The topological polar surface area (TPSA) is 29.5 Å². The van der Waals surface area contributed by atoms with Crippen molar-refractivity contribution < 1.29 is 9.53 Å². The summed E-state index contributed by atoms with van der Waals surface area (Å²) in [4.78, 5) is 14.0. The van der Waals surface area contributed by atoms with Crippen LogP contribution in [0.5, 0.6) is 5.75 Å². The quantitative estimate of drug-likeness (QED) is 0.833. The van der Waals surface area contributed by atoms with Gasteiger partial charge in [0.1, 0.15) is 5.75 Å². The molecule has 1 heterocycles. The largest absolute Gasteiger partial charge is 0.493 e. The molecule has 1 saturated heterocycles. The third kappa shape index (κ3) is 4.27. The average molecular weight is 261 g/mol. The van der Waals surface area contributed by atoms with Crippen molar-refractivity contribution in [2.45, 2.75) is 33.1 Å². The molecular weight excluding hydrogens is 238 g/mol. The standard InChI is InChI=1S/C16H23NO2/c1-16(2)9-11-17(12-10-16)15(18)8-13-19-14-6-4-3-5-7-14/h3-7H,8-13H2,1-2H3. The minimum absolute atomic E-state index is 0.214. The Labute approximate surface area is 115 Å². The second-order valence-corrected chi connectivity index (χ2v) is 5.96. The predicted octanol–water partition coefficient (Wildman–Crippen LogP) is 3.10. The number of hydrogen-bond donors (Lipinski definition) is 0. The van der Waals surface area contributed by atoms with Gasteiger partial charge in [-0.2, -0.15) is 0 Å². The summed E-state index contributed by atoms with van der Waals surface area (Å²) in [5.41, 5.74) is 0.386. The lowest BCUT2D eigenvalue weighted by Crippen LogP contribution is -2.41. The van der Waals surface area contributed by atoms with Crippen LogP contribution >= 0.6 is 0 Å². The van der Waals surface area contributed by atoms with E-state index in [-0.39, 0.29) is 5.91 Å². The predicted molar refractivity (Wildman–Crippen MR) is 76.1 cm³/mol. The Balaban J connectivity index is 1.70. The number of hydrogen-bond acceptors (Lipinski definition) is 2. The fourth-order valence-corrected chi connectivity index (χ4v) is 2.29. The van der Waals surface area contributed by atoms with E-state index in [4.69, 9.17) is 4.74 Å². The molecule has 1 aromatic carbocycles. The summed E-state index contributed by atoms with van der Waals surface area (Å²) in [7, 11) is 0. The smallest absolute Gasteiger partial charge is 0.225 e. The van der Waals surface area contributed by atoms with Gasteiger partial charge in [-0.15, -0.1) is 0 Å². The summed E-state index contributed by atoms with van der Waals surface area (Å²) in [5.74, 6) is 1.04. The van der Waals surface area contributed by atoms with Gasteiger partial charge >= 0.3 is 0 Å². The highest BCUT2D eigenvalue weighted by Crippen LogP contribution is 2.29. The van der Waals surface area contributed by atoms with Crippen LogP contribution in [0.25, 0.3) is 0 Å². The molecule has 0 unspecified atom stereocenters. The minimum Gasteiger partial charge on any atom is -0.493 e. The van der Waals surface area contributed by atoms with Crippen LogP contribution in [0.3, 0.4) is 0 Å². The van der Waals surface area contributed by atoms with Crippen LogP contribution in [0.4, 0.5) is 0 Å². The molecule has 1 amide bonds. The molecule has 1 aromatic rings. The normalized spacial score (nSPS) is 18.1. The van der Waals surface area contributed by atoms with Gasteiger partial charge in [0.05, 0.1) is 13.0 Å². The first-order valence-electron chi connectivity index (χ1n) is 7.02. The molecule has 0 spiro atoms. The van der Waals surface area contributed by atoms with Gasteiger partial charge in [-0.25, -0.2) is 0 Å². The molecule has 1 aliphatic rings. The van der Waals surface area contributed by atoms with Crippen LogP contribution < -0.4 is 4.74 Å². The number of amides is 1. The van der Waals surface area contributed by atoms with Crippen molar-refractivity contribution in [3.8, 4) is 5.75 Å². The SMILES string of the molecule is CC1(C)CCN(C(=O)CCOc2ccccc2)CC1. The number of likely N-dealkylation sites (tertiary alicyclic amines) is 1. The van der Waals surface area contributed by atoms with E-state index in [1.165, 1.54) is 0 Å². The highest BCUT2D eigenvalue weighted by molar-refractivity contribution is 5.76. The Bertz CT molecular complexity index is 404. The molecule has 0 atom stereocenters. The lowest BCUT2D eigenvalue weighted by atomic mass is 9.82. The van der Waals surface area contributed by atoms with Crippen molar-refractivity contribution in [3.05, 3.63) is 30.3 Å². The Morgan fingerprint density at radius 2 is 1.84 bits per heavy atom. The van der Waals surface area contributed by atoms with E-state index in [9.17, 15) is 4.79 Å². The van der Waals surface area contributed by atoms with Crippen molar-refractivity contribution in [1.82, 2.24) is 4.90 Å². The lowest BCUT2D eigenvalue weighted by Gasteiger charge is -2.36. The van der Waals surface area contributed by atoms with Gasteiger partial charge in [0.15, 0.2) is 0 Å². The van der Waals surface area contributed by atoms with Crippen LogP contribution in [0.2, 0.25) is 0 Å². The summed E-state index contributed by atoms with van der Waals surface area (Å²) in [6.45, 7) is 6.78. The van der Waals surface area contributed by atoms with Crippen molar-refractivity contribution in [3.63, 3.8) is 0 Å². The van der Waals surface area contributed by atoms with Gasteiger partial charge in [0, 0.05) is 13.1 Å². The second kappa shape index (κ2) is 6.09. The van der Waals surface area contributed by atoms with Crippen molar-refractivity contribution in [2.75, 3.05) is 19.7 Å². The van der Waals surface area contributed by atoms with E-state index in [0.29, 0.717) is 18.4 Å². The van der Waals surface area contributed by atoms with Gasteiger partial charge in [-0.1, -0.05) is 32.0 Å². The lowest BCUT2D eigenvalue weighted by molar-refractivity contribution is -0.133. The van der Waals surface area contributed by atoms with Crippen molar-refractivity contribution >= 4 is 5.91 Å². The number of nitrogens with zero attached hydrogens (tertiary/aromatic N) is 1. The highest BCUT2D eigenvalue weighted by atomic mass is 16.5. The zero-order chi connectivity index (χ0) is 13.7. The zero-order valence-electron chi connectivity index (χ0n) is 11.9. The summed E-state index contributed by atoms with van der Waals surface area (Å²) < 4.78 is 5.56. The number of carbonyl (C=O) groups is 1. The number of carbonyl (C=O) groups excluding carboxylic acids is 1. The Kier molecular flexibility index (Phi) is 4.46. The highest BCUT2D eigenvalue weighted by Gasteiger charge is 2.27. The molecule has 0 saturated carbocycles. The number of rotatable bonds is 4. The van der Waals surface area contributed by atoms with Crippen LogP contribution in [0.1, 0.15) is 33.1 Å². The van der Waals surface area contributed by atoms with E-state index in [1.54, 1.807) is 0 Å². The van der Waals surface area contributed by atoms with Gasteiger partial charge < -0.3 is 9.64 Å². The Hall–Kier alpha value is -1.51. The van der Waals surface area contributed by atoms with Crippen LogP contribution in [0, 0.1) is 5.41 Å². The summed E-state index contributed by atoms with van der Waals surface area (Å²) in [6, 6.07) is 9.64. The van der Waals surface area contributed by atoms with E-state index in [1.807, 2.05) is 35.2 Å². The maximum Gasteiger partial charge on any atom is 0.225 e. The van der Waals surface area contributed by atoms with Crippen LogP contribution in [0.15, 0.2) is 30.3 Å². The van der Waals surface area contributed by atoms with E-state index in [0.717, 1.165) is 31.7 Å². The molecule has 19 heavy (non-hydrogen) atoms. The van der Waals surface area contributed by atoms with Crippen molar-refractivity contribution in [1.29, 1.82) is 0 Å². The van der Waals surface area contributed by atoms with Crippen molar-refractivity contribution in [2.24, 2.45) is 5.41 Å². The van der Waals surface area contributed by atoms with Gasteiger partial charge in [-0.05, 0) is 30.4 Å². The Morgan fingerprint density at radius 1 is 1.21 bits per heavy atom. The minimum atomic E-state index is 0.214. The van der Waals surface area contributed by atoms with Crippen LogP contribution in [-0.2, 0) is 4.79 Å². The van der Waals surface area contributed by atoms with E-state index in [2.05, 4.69) is 13.8 Å². The maximum atomic E-state index is 12.0. The molecule has 0 radical (unpaired) electrons. The number of ether oxygens (including phenoxy) is 1. The molecule has 0 aliphatic carbocycles. The van der Waals surface area contributed by atoms with Gasteiger partial charge in [0.25, 0.3) is 0 Å². The molecule has 2 rings (SSSR count). The summed E-state index contributed by atoms with van der Waals surface area (Å²) in [6.07, 6.45) is 2.66. The number of benzene rings is 1. The number of piperidine rings is 1. The molecule has 3 nitrogen and oxygen atoms in total. The third-order valence-corrected chi connectivity index (χ3v) is 3.80. The van der Waals surface area contributed by atoms with E-state index >= 15 is 0 Å². The molecule has 0 aromatic heterocycles. The molecule has 0 bridgehead atoms. The molecule has 0 N–H and O–H groups in total. The maximum absolute atomic E-state index is 12.0. The first-order valence-corrected chi connectivity index (χ1v) is 7.02.